The molecule has 0 unspecified atom stereocenters. The van der Waals surface area contributed by atoms with Crippen molar-refractivity contribution in [3.05, 3.63) is 29.8 Å². The van der Waals surface area contributed by atoms with Gasteiger partial charge in [-0.3, -0.25) is 4.90 Å². The zero-order chi connectivity index (χ0) is 15.1. The fraction of sp³-hybridized carbons (Fsp3) is 0.667. The molecule has 3 heteroatoms. The summed E-state index contributed by atoms with van der Waals surface area (Å²) >= 11 is 0. The SMILES string of the molecule is CCCNC1CCC(N(C)Cc2ccc(OC)cc2)CC1. The van der Waals surface area contributed by atoms with Crippen molar-refractivity contribution < 1.29 is 4.74 Å². The summed E-state index contributed by atoms with van der Waals surface area (Å²) in [5.41, 5.74) is 1.37. The Labute approximate surface area is 129 Å². The van der Waals surface area contributed by atoms with Crippen LogP contribution in [0.25, 0.3) is 0 Å². The van der Waals surface area contributed by atoms with E-state index in [0.29, 0.717) is 0 Å². The first kappa shape index (κ1) is 16.3. The Morgan fingerprint density at radius 3 is 2.38 bits per heavy atom. The first-order valence-electron chi connectivity index (χ1n) is 8.29. The smallest absolute Gasteiger partial charge is 0.118 e. The third-order valence-electron chi connectivity index (χ3n) is 4.59. The highest BCUT2D eigenvalue weighted by Gasteiger charge is 2.23. The van der Waals surface area contributed by atoms with Gasteiger partial charge in [0.2, 0.25) is 0 Å². The number of hydrogen-bond donors (Lipinski definition) is 1. The topological polar surface area (TPSA) is 24.5 Å². The van der Waals surface area contributed by atoms with Gasteiger partial charge < -0.3 is 10.1 Å². The van der Waals surface area contributed by atoms with Crippen LogP contribution in [0.2, 0.25) is 0 Å². The fourth-order valence-corrected chi connectivity index (χ4v) is 3.22. The molecule has 1 N–H and O–H groups in total. The maximum absolute atomic E-state index is 5.21. The monoisotopic (exact) mass is 290 g/mol. The Morgan fingerprint density at radius 2 is 1.81 bits per heavy atom. The molecule has 1 aliphatic rings. The number of ether oxygens (including phenoxy) is 1. The molecule has 1 aromatic carbocycles. The molecule has 0 amide bonds. The van der Waals surface area contributed by atoms with E-state index in [1.165, 1.54) is 37.7 Å². The van der Waals surface area contributed by atoms with Crippen LogP contribution in [0.3, 0.4) is 0 Å². The summed E-state index contributed by atoms with van der Waals surface area (Å²) in [7, 11) is 3.97. The summed E-state index contributed by atoms with van der Waals surface area (Å²) in [4.78, 5) is 2.51. The van der Waals surface area contributed by atoms with Crippen molar-refractivity contribution in [2.75, 3.05) is 20.7 Å². The van der Waals surface area contributed by atoms with Gasteiger partial charge in [-0.1, -0.05) is 19.1 Å². The van der Waals surface area contributed by atoms with Crippen LogP contribution in [0.1, 0.15) is 44.6 Å². The molecule has 3 nitrogen and oxygen atoms in total. The Hall–Kier alpha value is -1.06. The van der Waals surface area contributed by atoms with Gasteiger partial charge in [0.15, 0.2) is 0 Å². The van der Waals surface area contributed by atoms with Crippen LogP contribution >= 0.6 is 0 Å². The third-order valence-corrected chi connectivity index (χ3v) is 4.59. The number of hydrogen-bond acceptors (Lipinski definition) is 3. The Morgan fingerprint density at radius 1 is 1.14 bits per heavy atom. The van der Waals surface area contributed by atoms with E-state index in [1.54, 1.807) is 7.11 Å². The van der Waals surface area contributed by atoms with E-state index in [4.69, 9.17) is 4.74 Å². The minimum absolute atomic E-state index is 0.728. The average molecular weight is 290 g/mol. The molecule has 0 saturated heterocycles. The Balaban J connectivity index is 1.77. The largest absolute Gasteiger partial charge is 0.497 e. The molecule has 118 valence electrons. The van der Waals surface area contributed by atoms with E-state index in [1.807, 2.05) is 0 Å². The highest BCUT2D eigenvalue weighted by atomic mass is 16.5. The van der Waals surface area contributed by atoms with Crippen LogP contribution < -0.4 is 10.1 Å². The van der Waals surface area contributed by atoms with E-state index >= 15 is 0 Å². The number of rotatable bonds is 7. The van der Waals surface area contributed by atoms with Gasteiger partial charge in [-0.2, -0.15) is 0 Å². The van der Waals surface area contributed by atoms with Gasteiger partial charge in [0.1, 0.15) is 5.75 Å². The van der Waals surface area contributed by atoms with Crippen molar-refractivity contribution in [2.24, 2.45) is 0 Å². The lowest BCUT2D eigenvalue weighted by atomic mass is 9.90. The van der Waals surface area contributed by atoms with E-state index in [2.05, 4.69) is 48.5 Å². The van der Waals surface area contributed by atoms with Crippen LogP contribution in [0.5, 0.6) is 5.75 Å². The van der Waals surface area contributed by atoms with Gasteiger partial charge >= 0.3 is 0 Å². The van der Waals surface area contributed by atoms with Crippen molar-refractivity contribution in [3.8, 4) is 5.75 Å². The second-order valence-electron chi connectivity index (χ2n) is 6.22. The van der Waals surface area contributed by atoms with E-state index in [9.17, 15) is 0 Å². The molecule has 0 spiro atoms. The summed E-state index contributed by atoms with van der Waals surface area (Å²) in [6, 6.07) is 9.92. The maximum Gasteiger partial charge on any atom is 0.118 e. The summed E-state index contributed by atoms with van der Waals surface area (Å²) < 4.78 is 5.21. The number of nitrogens with zero attached hydrogens (tertiary/aromatic N) is 1. The van der Waals surface area contributed by atoms with Crippen LogP contribution in [0.4, 0.5) is 0 Å². The van der Waals surface area contributed by atoms with Crippen molar-refractivity contribution in [2.45, 2.75) is 57.7 Å². The van der Waals surface area contributed by atoms with Crippen LogP contribution in [0, 0.1) is 0 Å². The molecule has 0 aromatic heterocycles. The molecule has 1 aromatic rings. The van der Waals surface area contributed by atoms with Crippen molar-refractivity contribution >= 4 is 0 Å². The second kappa shape index (κ2) is 8.40. The van der Waals surface area contributed by atoms with Crippen LogP contribution in [0.15, 0.2) is 24.3 Å². The van der Waals surface area contributed by atoms with Crippen molar-refractivity contribution in [1.29, 1.82) is 0 Å². The minimum Gasteiger partial charge on any atom is -0.497 e. The molecule has 1 aliphatic carbocycles. The predicted molar refractivity (Wildman–Crippen MR) is 88.8 cm³/mol. The summed E-state index contributed by atoms with van der Waals surface area (Å²) in [6.45, 7) is 4.43. The maximum atomic E-state index is 5.21. The predicted octanol–water partition coefficient (Wildman–Crippen LogP) is 3.44. The molecular weight excluding hydrogens is 260 g/mol. The van der Waals surface area contributed by atoms with Gasteiger partial charge in [0, 0.05) is 18.6 Å². The Kier molecular flexibility index (Phi) is 6.52. The standard InChI is InChI=1S/C18H30N2O/c1-4-13-19-16-7-9-17(10-8-16)20(2)14-15-5-11-18(21-3)12-6-15/h5-6,11-12,16-17,19H,4,7-10,13-14H2,1-3H3. The summed E-state index contributed by atoms with van der Waals surface area (Å²) in [6.07, 6.45) is 6.49. The molecule has 0 radical (unpaired) electrons. The molecule has 21 heavy (non-hydrogen) atoms. The lowest BCUT2D eigenvalue weighted by Gasteiger charge is -2.35. The van der Waals surface area contributed by atoms with Gasteiger partial charge in [0.25, 0.3) is 0 Å². The normalized spacial score (nSPS) is 22.5. The van der Waals surface area contributed by atoms with Gasteiger partial charge in [0.05, 0.1) is 7.11 Å². The average Bonchev–Trinajstić information content (AvgIpc) is 2.54. The third kappa shape index (κ3) is 5.01. The summed E-state index contributed by atoms with van der Waals surface area (Å²) in [5.74, 6) is 0.934. The molecule has 1 fully saturated rings. The highest BCUT2D eigenvalue weighted by Crippen LogP contribution is 2.24. The van der Waals surface area contributed by atoms with Crippen molar-refractivity contribution in [3.63, 3.8) is 0 Å². The molecule has 1 saturated carbocycles. The van der Waals surface area contributed by atoms with Crippen molar-refractivity contribution in [1.82, 2.24) is 10.2 Å². The molecule has 0 atom stereocenters. The number of methoxy groups -OCH3 is 1. The summed E-state index contributed by atoms with van der Waals surface area (Å²) in [5, 5.41) is 3.66. The fourth-order valence-electron chi connectivity index (χ4n) is 3.22. The molecule has 0 aliphatic heterocycles. The highest BCUT2D eigenvalue weighted by molar-refractivity contribution is 5.27. The first-order chi connectivity index (χ1) is 10.2. The molecule has 0 bridgehead atoms. The first-order valence-corrected chi connectivity index (χ1v) is 8.29. The number of nitrogens with one attached hydrogen (secondary N) is 1. The Bertz CT molecular complexity index is 396. The van der Waals surface area contributed by atoms with Crippen LogP contribution in [-0.4, -0.2) is 37.7 Å². The van der Waals surface area contributed by atoms with Gasteiger partial charge in [-0.15, -0.1) is 0 Å². The second-order valence-corrected chi connectivity index (χ2v) is 6.22. The molecular formula is C18H30N2O. The van der Waals surface area contributed by atoms with Gasteiger partial charge in [-0.05, 0) is 63.4 Å². The lowest BCUT2D eigenvalue weighted by molar-refractivity contribution is 0.168. The van der Waals surface area contributed by atoms with E-state index in [-0.39, 0.29) is 0 Å². The quantitative estimate of drug-likeness (QED) is 0.832. The molecule has 2 rings (SSSR count). The zero-order valence-electron chi connectivity index (χ0n) is 13.8. The zero-order valence-corrected chi connectivity index (χ0v) is 13.8. The molecule has 0 heterocycles. The number of benzene rings is 1. The van der Waals surface area contributed by atoms with E-state index < -0.39 is 0 Å². The van der Waals surface area contributed by atoms with Crippen LogP contribution in [-0.2, 0) is 6.54 Å². The van der Waals surface area contributed by atoms with E-state index in [0.717, 1.165) is 30.9 Å². The minimum atomic E-state index is 0.728. The lowest BCUT2D eigenvalue weighted by Crippen LogP contribution is -2.40. The van der Waals surface area contributed by atoms with Gasteiger partial charge in [-0.25, -0.2) is 0 Å².